The Morgan fingerprint density at radius 1 is 1.32 bits per heavy atom. The third-order valence-corrected chi connectivity index (χ3v) is 3.49. The summed E-state index contributed by atoms with van der Waals surface area (Å²) in [7, 11) is 0. The van der Waals surface area contributed by atoms with Crippen LogP contribution in [0, 0.1) is 5.92 Å². The number of unbranched alkanes of at least 4 members (excludes halogenated alkanes) is 1. The van der Waals surface area contributed by atoms with Gasteiger partial charge in [0.2, 0.25) is 0 Å². The molecule has 0 aromatic carbocycles. The van der Waals surface area contributed by atoms with E-state index in [1.807, 2.05) is 27.7 Å². The summed E-state index contributed by atoms with van der Waals surface area (Å²) >= 11 is 0. The van der Waals surface area contributed by atoms with E-state index in [9.17, 15) is 9.59 Å². The van der Waals surface area contributed by atoms with Crippen molar-refractivity contribution in [3.8, 4) is 0 Å². The van der Waals surface area contributed by atoms with Gasteiger partial charge in [-0.3, -0.25) is 0 Å². The first-order valence-corrected chi connectivity index (χ1v) is 8.23. The van der Waals surface area contributed by atoms with Gasteiger partial charge in [0, 0.05) is 25.7 Å². The number of nitrogens with zero attached hydrogens (tertiary/aromatic N) is 1. The predicted octanol–water partition coefficient (Wildman–Crippen LogP) is 2.73. The van der Waals surface area contributed by atoms with Gasteiger partial charge in [0.15, 0.2) is 0 Å². The minimum absolute atomic E-state index is 0.104. The maximum absolute atomic E-state index is 11.8. The van der Waals surface area contributed by atoms with Crippen LogP contribution in [-0.2, 0) is 4.74 Å². The van der Waals surface area contributed by atoms with Gasteiger partial charge in [-0.2, -0.15) is 0 Å². The second kappa shape index (κ2) is 8.25. The highest BCUT2D eigenvalue weighted by atomic mass is 16.6. The minimum Gasteiger partial charge on any atom is -0.444 e. The van der Waals surface area contributed by atoms with Crippen molar-refractivity contribution >= 4 is 12.1 Å². The van der Waals surface area contributed by atoms with Crippen LogP contribution in [0.15, 0.2) is 0 Å². The number of nitrogens with one attached hydrogen (secondary N) is 2. The first-order valence-electron chi connectivity index (χ1n) is 8.23. The predicted molar refractivity (Wildman–Crippen MR) is 86.8 cm³/mol. The molecule has 2 N–H and O–H groups in total. The Labute approximate surface area is 134 Å². The highest BCUT2D eigenvalue weighted by molar-refractivity contribution is 5.74. The van der Waals surface area contributed by atoms with Crippen molar-refractivity contribution < 1.29 is 14.3 Å². The van der Waals surface area contributed by atoms with Crippen LogP contribution in [0.1, 0.15) is 53.9 Å². The molecule has 6 heteroatoms. The van der Waals surface area contributed by atoms with Gasteiger partial charge in [-0.05, 0) is 46.5 Å². The molecule has 3 amide bonds. The van der Waals surface area contributed by atoms with E-state index in [2.05, 4.69) is 17.6 Å². The Bertz CT molecular complexity index is 373. The molecule has 6 nitrogen and oxygen atoms in total. The molecular formula is C16H31N3O3. The number of carbonyl (C=O) groups excluding carboxylic acids is 2. The summed E-state index contributed by atoms with van der Waals surface area (Å²) in [6, 6.07) is -0.00307. The van der Waals surface area contributed by atoms with Crippen LogP contribution < -0.4 is 10.6 Å². The normalized spacial score (nSPS) is 16.7. The molecule has 1 aliphatic heterocycles. The van der Waals surface area contributed by atoms with Crippen molar-refractivity contribution in [1.82, 2.24) is 15.5 Å². The minimum atomic E-state index is -0.451. The fourth-order valence-corrected chi connectivity index (χ4v) is 2.41. The van der Waals surface area contributed by atoms with Crippen LogP contribution in [-0.4, -0.2) is 48.3 Å². The molecule has 1 fully saturated rings. The molecule has 0 aromatic heterocycles. The molecule has 0 spiro atoms. The van der Waals surface area contributed by atoms with Gasteiger partial charge in [-0.25, -0.2) is 9.59 Å². The third-order valence-electron chi connectivity index (χ3n) is 3.49. The molecule has 0 aromatic rings. The van der Waals surface area contributed by atoms with Gasteiger partial charge in [0.05, 0.1) is 0 Å². The van der Waals surface area contributed by atoms with Crippen LogP contribution in [0.2, 0.25) is 0 Å². The van der Waals surface area contributed by atoms with Gasteiger partial charge in [-0.1, -0.05) is 13.3 Å². The molecule has 0 saturated carbocycles. The van der Waals surface area contributed by atoms with E-state index < -0.39 is 5.60 Å². The summed E-state index contributed by atoms with van der Waals surface area (Å²) in [4.78, 5) is 25.2. The van der Waals surface area contributed by atoms with E-state index in [1.54, 1.807) is 4.90 Å². The van der Waals surface area contributed by atoms with E-state index in [1.165, 1.54) is 0 Å². The standard InChI is InChI=1S/C16H31N3O3/c1-6-7-8-17-14(20)18-12(2)9-13-10-19(11-13)15(21)22-16(3,4)5/h12-13H,6-11H2,1-5H3,(H2,17,18,20). The third kappa shape index (κ3) is 7.00. The Morgan fingerprint density at radius 2 is 1.95 bits per heavy atom. The Balaban J connectivity index is 2.17. The van der Waals surface area contributed by atoms with Crippen molar-refractivity contribution in [2.75, 3.05) is 19.6 Å². The molecule has 22 heavy (non-hydrogen) atoms. The SMILES string of the molecule is CCCCNC(=O)NC(C)CC1CN(C(=O)OC(C)(C)C)C1. The summed E-state index contributed by atoms with van der Waals surface area (Å²) < 4.78 is 5.32. The largest absolute Gasteiger partial charge is 0.444 e. The lowest BCUT2D eigenvalue weighted by molar-refractivity contribution is -0.00317. The van der Waals surface area contributed by atoms with Gasteiger partial charge in [0.1, 0.15) is 5.60 Å². The van der Waals surface area contributed by atoms with Gasteiger partial charge in [-0.15, -0.1) is 0 Å². The van der Waals surface area contributed by atoms with Crippen molar-refractivity contribution in [3.05, 3.63) is 0 Å². The zero-order valence-electron chi connectivity index (χ0n) is 14.6. The lowest BCUT2D eigenvalue weighted by Crippen LogP contribution is -2.53. The average molecular weight is 313 g/mol. The quantitative estimate of drug-likeness (QED) is 0.741. The molecule has 1 atom stereocenters. The van der Waals surface area contributed by atoms with E-state index in [0.29, 0.717) is 25.6 Å². The topological polar surface area (TPSA) is 70.7 Å². The smallest absolute Gasteiger partial charge is 0.410 e. The number of rotatable bonds is 6. The summed E-state index contributed by atoms with van der Waals surface area (Å²) in [6.07, 6.45) is 2.69. The molecule has 1 aliphatic rings. The zero-order chi connectivity index (χ0) is 16.8. The van der Waals surface area contributed by atoms with Gasteiger partial charge in [0.25, 0.3) is 0 Å². The lowest BCUT2D eigenvalue weighted by Gasteiger charge is -2.40. The van der Waals surface area contributed by atoms with Crippen LogP contribution >= 0.6 is 0 Å². The van der Waals surface area contributed by atoms with E-state index in [-0.39, 0.29) is 18.2 Å². The zero-order valence-corrected chi connectivity index (χ0v) is 14.6. The van der Waals surface area contributed by atoms with Crippen molar-refractivity contribution in [1.29, 1.82) is 0 Å². The van der Waals surface area contributed by atoms with Crippen LogP contribution in [0.3, 0.4) is 0 Å². The highest BCUT2D eigenvalue weighted by Gasteiger charge is 2.34. The number of urea groups is 1. The highest BCUT2D eigenvalue weighted by Crippen LogP contribution is 2.23. The maximum Gasteiger partial charge on any atom is 0.410 e. The average Bonchev–Trinajstić information content (AvgIpc) is 2.31. The molecule has 0 aliphatic carbocycles. The van der Waals surface area contributed by atoms with E-state index >= 15 is 0 Å². The van der Waals surface area contributed by atoms with Gasteiger partial charge < -0.3 is 20.3 Å². The monoisotopic (exact) mass is 313 g/mol. The first-order chi connectivity index (χ1) is 10.2. The van der Waals surface area contributed by atoms with Crippen LogP contribution in [0.25, 0.3) is 0 Å². The van der Waals surface area contributed by atoms with Crippen molar-refractivity contribution in [2.24, 2.45) is 5.92 Å². The van der Waals surface area contributed by atoms with Crippen molar-refractivity contribution in [3.63, 3.8) is 0 Å². The number of carbonyl (C=O) groups is 2. The lowest BCUT2D eigenvalue weighted by atomic mass is 9.93. The van der Waals surface area contributed by atoms with Crippen LogP contribution in [0.5, 0.6) is 0 Å². The maximum atomic E-state index is 11.8. The van der Waals surface area contributed by atoms with E-state index in [4.69, 9.17) is 4.74 Å². The molecule has 0 bridgehead atoms. The number of likely N-dealkylation sites (tertiary alicyclic amines) is 1. The summed E-state index contributed by atoms with van der Waals surface area (Å²) in [5.74, 6) is 0.429. The molecule has 0 radical (unpaired) electrons. The Morgan fingerprint density at radius 3 is 2.50 bits per heavy atom. The second-order valence-electron chi connectivity index (χ2n) is 7.14. The second-order valence-corrected chi connectivity index (χ2v) is 7.14. The number of hydrogen-bond acceptors (Lipinski definition) is 3. The van der Waals surface area contributed by atoms with Crippen LogP contribution in [0.4, 0.5) is 9.59 Å². The van der Waals surface area contributed by atoms with Crippen molar-refractivity contribution in [2.45, 2.75) is 65.5 Å². The molecule has 1 unspecified atom stereocenters. The molecule has 128 valence electrons. The summed E-state index contributed by atoms with van der Waals surface area (Å²) in [5.41, 5.74) is -0.451. The molecule has 1 saturated heterocycles. The van der Waals surface area contributed by atoms with Gasteiger partial charge >= 0.3 is 12.1 Å². The first kappa shape index (κ1) is 18.6. The number of ether oxygens (including phenoxy) is 1. The molecule has 1 rings (SSSR count). The Hall–Kier alpha value is -1.46. The fourth-order valence-electron chi connectivity index (χ4n) is 2.41. The fraction of sp³-hybridized carbons (Fsp3) is 0.875. The molecular weight excluding hydrogens is 282 g/mol. The number of hydrogen-bond donors (Lipinski definition) is 2. The summed E-state index contributed by atoms with van der Waals surface area (Å²) in [6.45, 7) is 11.8. The summed E-state index contributed by atoms with van der Waals surface area (Å²) in [5, 5.41) is 5.78. The Kier molecular flexibility index (Phi) is 6.97. The number of amides is 3. The molecule has 1 heterocycles. The van der Waals surface area contributed by atoms with E-state index in [0.717, 1.165) is 19.3 Å².